The molecule has 2 aromatic rings. The molecule has 1 fully saturated rings. The van der Waals surface area contributed by atoms with Crippen molar-refractivity contribution in [3.8, 4) is 0 Å². The number of hydrogen-bond acceptors (Lipinski definition) is 5. The second kappa shape index (κ2) is 5.42. The molecule has 3 rings (SSSR count). The molecule has 1 aromatic carbocycles. The highest BCUT2D eigenvalue weighted by Gasteiger charge is 2.26. The largest absolute Gasteiger partial charge is 0.439 e. The van der Waals surface area contributed by atoms with Gasteiger partial charge in [0.15, 0.2) is 5.58 Å². The Balaban J connectivity index is 1.80. The van der Waals surface area contributed by atoms with Gasteiger partial charge >= 0.3 is 0 Å². The molecule has 1 aromatic heterocycles. The molecule has 0 spiro atoms. The van der Waals surface area contributed by atoms with Crippen molar-refractivity contribution in [2.24, 2.45) is 0 Å². The van der Waals surface area contributed by atoms with Crippen LogP contribution in [-0.4, -0.2) is 35.2 Å². The van der Waals surface area contributed by atoms with Gasteiger partial charge in [0, 0.05) is 18.3 Å². The average Bonchev–Trinajstić information content (AvgIpc) is 2.80. The maximum Gasteiger partial charge on any atom is 0.209 e. The Morgan fingerprint density at radius 2 is 2.30 bits per heavy atom. The van der Waals surface area contributed by atoms with Crippen molar-refractivity contribution in [1.29, 1.82) is 0 Å². The van der Waals surface area contributed by atoms with E-state index < -0.39 is 0 Å². The number of benzene rings is 1. The number of fused-ring (bicyclic) bond motifs is 1. The van der Waals surface area contributed by atoms with Gasteiger partial charge in [-0.25, -0.2) is 4.98 Å². The van der Waals surface area contributed by atoms with Crippen LogP contribution in [0.4, 0.5) is 5.69 Å². The molecule has 5 heteroatoms. The lowest BCUT2D eigenvalue weighted by Crippen LogP contribution is -2.47. The van der Waals surface area contributed by atoms with Crippen molar-refractivity contribution in [3.63, 3.8) is 0 Å². The number of anilines is 1. The quantitative estimate of drug-likeness (QED) is 0.871. The minimum atomic E-state index is 0.262. The van der Waals surface area contributed by atoms with Gasteiger partial charge in [0.1, 0.15) is 5.52 Å². The molecule has 0 saturated carbocycles. The van der Waals surface area contributed by atoms with E-state index in [0.717, 1.165) is 43.1 Å². The van der Waals surface area contributed by atoms with Crippen molar-refractivity contribution in [3.05, 3.63) is 24.1 Å². The molecule has 0 amide bonds. The molecule has 1 saturated heterocycles. The molecular formula is C15H21N3O2. The summed E-state index contributed by atoms with van der Waals surface area (Å²) in [6, 6.07) is 6.00. The average molecular weight is 275 g/mol. The number of morpholine rings is 1. The summed E-state index contributed by atoms with van der Waals surface area (Å²) in [5.41, 5.74) is 8.11. The fraction of sp³-hybridized carbons (Fsp3) is 0.533. The Morgan fingerprint density at radius 1 is 1.45 bits per heavy atom. The summed E-state index contributed by atoms with van der Waals surface area (Å²) >= 11 is 0. The van der Waals surface area contributed by atoms with E-state index in [1.54, 1.807) is 0 Å². The molecule has 2 heterocycles. The van der Waals surface area contributed by atoms with E-state index in [-0.39, 0.29) is 6.10 Å². The number of hydrogen-bond donors (Lipinski definition) is 1. The zero-order valence-electron chi connectivity index (χ0n) is 12.0. The molecule has 1 aliphatic heterocycles. The Morgan fingerprint density at radius 3 is 3.10 bits per heavy atom. The first-order valence-corrected chi connectivity index (χ1v) is 7.16. The third-order valence-corrected chi connectivity index (χ3v) is 3.85. The summed E-state index contributed by atoms with van der Waals surface area (Å²) in [4.78, 5) is 6.92. The van der Waals surface area contributed by atoms with Gasteiger partial charge in [-0.05, 0) is 31.5 Å². The summed E-state index contributed by atoms with van der Waals surface area (Å²) in [5.74, 6) is 0.748. The van der Waals surface area contributed by atoms with Crippen LogP contribution in [0, 0.1) is 0 Å². The fourth-order valence-corrected chi connectivity index (χ4v) is 2.72. The predicted molar refractivity (Wildman–Crippen MR) is 78.3 cm³/mol. The normalized spacial score (nSPS) is 24.3. The smallest absolute Gasteiger partial charge is 0.209 e. The number of nitrogens with zero attached hydrogens (tertiary/aromatic N) is 2. The molecule has 5 nitrogen and oxygen atoms in total. The van der Waals surface area contributed by atoms with Crippen LogP contribution in [0.1, 0.15) is 26.2 Å². The molecule has 0 radical (unpaired) electrons. The summed E-state index contributed by atoms with van der Waals surface area (Å²) in [7, 11) is 0. The first-order chi connectivity index (χ1) is 9.65. The Bertz CT molecular complexity index is 596. The zero-order chi connectivity index (χ0) is 14.1. The van der Waals surface area contributed by atoms with Crippen molar-refractivity contribution >= 4 is 16.8 Å². The van der Waals surface area contributed by atoms with Crippen LogP contribution in [0.25, 0.3) is 11.1 Å². The van der Waals surface area contributed by atoms with E-state index in [1.807, 2.05) is 18.2 Å². The van der Waals surface area contributed by atoms with Crippen LogP contribution in [0.2, 0.25) is 0 Å². The number of ether oxygens (including phenoxy) is 1. The minimum absolute atomic E-state index is 0.262. The van der Waals surface area contributed by atoms with Gasteiger partial charge in [-0.15, -0.1) is 0 Å². The topological polar surface area (TPSA) is 64.5 Å². The van der Waals surface area contributed by atoms with E-state index in [2.05, 4.69) is 23.7 Å². The van der Waals surface area contributed by atoms with E-state index >= 15 is 0 Å². The lowest BCUT2D eigenvalue weighted by Gasteiger charge is -2.37. The van der Waals surface area contributed by atoms with Crippen LogP contribution in [-0.2, 0) is 11.3 Å². The summed E-state index contributed by atoms with van der Waals surface area (Å²) in [6.45, 7) is 6.71. The van der Waals surface area contributed by atoms with Crippen LogP contribution in [0.5, 0.6) is 0 Å². The van der Waals surface area contributed by atoms with E-state index in [9.17, 15) is 0 Å². The van der Waals surface area contributed by atoms with Crippen LogP contribution in [0.15, 0.2) is 22.6 Å². The maximum absolute atomic E-state index is 5.80. The van der Waals surface area contributed by atoms with Gasteiger partial charge in [0.05, 0.1) is 19.3 Å². The molecule has 108 valence electrons. The van der Waals surface area contributed by atoms with Gasteiger partial charge in [0.2, 0.25) is 5.89 Å². The lowest BCUT2D eigenvalue weighted by atomic mass is 10.1. The van der Waals surface area contributed by atoms with E-state index in [1.165, 1.54) is 0 Å². The second-order valence-electron chi connectivity index (χ2n) is 5.47. The highest BCUT2D eigenvalue weighted by molar-refractivity contribution is 5.76. The van der Waals surface area contributed by atoms with Crippen molar-refractivity contribution in [2.75, 3.05) is 18.9 Å². The van der Waals surface area contributed by atoms with Gasteiger partial charge in [0.25, 0.3) is 0 Å². The molecule has 2 unspecified atom stereocenters. The molecule has 0 aliphatic carbocycles. The molecule has 0 bridgehead atoms. The number of nitrogen functional groups attached to an aromatic ring is 1. The Hall–Kier alpha value is -1.59. The highest BCUT2D eigenvalue weighted by atomic mass is 16.5. The monoisotopic (exact) mass is 275 g/mol. The number of nitrogens with two attached hydrogens (primary N) is 1. The van der Waals surface area contributed by atoms with Gasteiger partial charge in [-0.3, -0.25) is 4.90 Å². The fourth-order valence-electron chi connectivity index (χ4n) is 2.72. The summed E-state index contributed by atoms with van der Waals surface area (Å²) in [6.07, 6.45) is 1.33. The van der Waals surface area contributed by atoms with Gasteiger partial charge in [-0.1, -0.05) is 6.92 Å². The summed E-state index contributed by atoms with van der Waals surface area (Å²) in [5, 5.41) is 0. The van der Waals surface area contributed by atoms with Gasteiger partial charge < -0.3 is 14.9 Å². The standard InChI is InChI=1S/C15H21N3O2/c1-3-12-9-19-10(2)7-18(12)8-15-17-13-6-11(16)4-5-14(13)20-15/h4-6,10,12H,3,7-9,16H2,1-2H3. The Kier molecular flexibility index (Phi) is 3.63. The Labute approximate surface area is 118 Å². The molecule has 1 aliphatic rings. The van der Waals surface area contributed by atoms with Crippen molar-refractivity contribution in [2.45, 2.75) is 39.0 Å². The third-order valence-electron chi connectivity index (χ3n) is 3.85. The number of oxazole rings is 1. The molecule has 20 heavy (non-hydrogen) atoms. The molecule has 2 N–H and O–H groups in total. The van der Waals surface area contributed by atoms with E-state index in [0.29, 0.717) is 11.7 Å². The predicted octanol–water partition coefficient (Wildman–Crippen LogP) is 2.41. The molecular weight excluding hydrogens is 254 g/mol. The SMILES string of the molecule is CCC1COC(C)CN1Cc1nc2cc(N)ccc2o1. The maximum atomic E-state index is 5.80. The highest BCUT2D eigenvalue weighted by Crippen LogP contribution is 2.22. The first kappa shape index (κ1) is 13.4. The van der Waals surface area contributed by atoms with E-state index in [4.69, 9.17) is 14.9 Å². The number of rotatable bonds is 3. The molecule has 2 atom stereocenters. The number of aromatic nitrogens is 1. The van der Waals surface area contributed by atoms with Crippen LogP contribution < -0.4 is 5.73 Å². The first-order valence-electron chi connectivity index (χ1n) is 7.16. The van der Waals surface area contributed by atoms with Crippen LogP contribution >= 0.6 is 0 Å². The second-order valence-corrected chi connectivity index (χ2v) is 5.47. The van der Waals surface area contributed by atoms with Gasteiger partial charge in [-0.2, -0.15) is 0 Å². The van der Waals surface area contributed by atoms with Crippen LogP contribution in [0.3, 0.4) is 0 Å². The summed E-state index contributed by atoms with van der Waals surface area (Å²) < 4.78 is 11.5. The van der Waals surface area contributed by atoms with Crippen molar-refractivity contribution < 1.29 is 9.15 Å². The third kappa shape index (κ3) is 2.64. The van der Waals surface area contributed by atoms with Crippen molar-refractivity contribution in [1.82, 2.24) is 9.88 Å². The lowest BCUT2D eigenvalue weighted by molar-refractivity contribution is -0.0614. The zero-order valence-corrected chi connectivity index (χ0v) is 12.0. The minimum Gasteiger partial charge on any atom is -0.439 e.